The van der Waals surface area contributed by atoms with Gasteiger partial charge in [0.15, 0.2) is 0 Å². The van der Waals surface area contributed by atoms with Crippen LogP contribution in [0.1, 0.15) is 10.4 Å². The van der Waals surface area contributed by atoms with Gasteiger partial charge in [-0.05, 0) is 18.2 Å². The van der Waals surface area contributed by atoms with Gasteiger partial charge in [-0.15, -0.1) is 11.3 Å². The number of aromatic nitrogens is 1. The van der Waals surface area contributed by atoms with E-state index in [9.17, 15) is 17.6 Å². The predicted octanol–water partition coefficient (Wildman–Crippen LogP) is 3.43. The lowest BCUT2D eigenvalue weighted by Gasteiger charge is -2.10. The second-order valence-corrected chi connectivity index (χ2v) is 4.64. The average molecular weight is 276 g/mol. The number of thiazole rings is 1. The van der Waals surface area contributed by atoms with Crippen LogP contribution in [-0.4, -0.2) is 4.98 Å². The minimum absolute atomic E-state index is 0.113. The molecule has 1 aromatic heterocycles. The lowest BCUT2D eigenvalue weighted by Crippen LogP contribution is -2.07. The molecular formula is C11H8F4N2S. The Morgan fingerprint density at radius 2 is 2.00 bits per heavy atom. The normalized spacial score (nSPS) is 11.8. The van der Waals surface area contributed by atoms with Gasteiger partial charge in [-0.2, -0.15) is 13.2 Å². The van der Waals surface area contributed by atoms with Crippen LogP contribution in [0.5, 0.6) is 0 Å². The second-order valence-electron chi connectivity index (χ2n) is 3.52. The Bertz CT molecular complexity index is 562. The zero-order valence-corrected chi connectivity index (χ0v) is 9.78. The summed E-state index contributed by atoms with van der Waals surface area (Å²) >= 11 is 1.02. The van der Waals surface area contributed by atoms with Gasteiger partial charge in [0.2, 0.25) is 0 Å². The van der Waals surface area contributed by atoms with Crippen LogP contribution >= 0.6 is 11.3 Å². The van der Waals surface area contributed by atoms with Crippen molar-refractivity contribution in [2.45, 2.75) is 12.7 Å². The first kappa shape index (κ1) is 13.0. The molecule has 0 aliphatic heterocycles. The number of hydrogen-bond donors (Lipinski definition) is 1. The molecule has 2 nitrogen and oxygen atoms in total. The van der Waals surface area contributed by atoms with Gasteiger partial charge in [-0.25, -0.2) is 9.37 Å². The van der Waals surface area contributed by atoms with E-state index in [0.29, 0.717) is 10.9 Å². The molecule has 18 heavy (non-hydrogen) atoms. The Labute approximate surface area is 104 Å². The van der Waals surface area contributed by atoms with Crippen molar-refractivity contribution in [2.24, 2.45) is 5.73 Å². The summed E-state index contributed by atoms with van der Waals surface area (Å²) < 4.78 is 51.4. The molecule has 0 aliphatic carbocycles. The van der Waals surface area contributed by atoms with E-state index in [4.69, 9.17) is 5.73 Å². The highest BCUT2D eigenvalue weighted by molar-refractivity contribution is 7.15. The maximum atomic E-state index is 13.1. The minimum Gasteiger partial charge on any atom is -0.326 e. The van der Waals surface area contributed by atoms with E-state index in [1.54, 1.807) is 0 Å². The Hall–Kier alpha value is -1.47. The van der Waals surface area contributed by atoms with Crippen molar-refractivity contribution in [2.75, 3.05) is 0 Å². The summed E-state index contributed by atoms with van der Waals surface area (Å²) in [4.78, 5) is 4.49. The highest BCUT2D eigenvalue weighted by Gasteiger charge is 2.34. The van der Waals surface area contributed by atoms with Gasteiger partial charge in [0.05, 0.1) is 5.56 Å². The van der Waals surface area contributed by atoms with Crippen LogP contribution in [0, 0.1) is 5.82 Å². The molecule has 0 bridgehead atoms. The third-order valence-corrected chi connectivity index (χ3v) is 3.33. The van der Waals surface area contributed by atoms with Gasteiger partial charge in [-0.1, -0.05) is 0 Å². The van der Waals surface area contributed by atoms with E-state index in [-0.39, 0.29) is 17.1 Å². The van der Waals surface area contributed by atoms with Crippen molar-refractivity contribution in [3.05, 3.63) is 40.7 Å². The van der Waals surface area contributed by atoms with Gasteiger partial charge in [-0.3, -0.25) is 0 Å². The fourth-order valence-electron chi connectivity index (χ4n) is 1.47. The molecule has 0 amide bonds. The van der Waals surface area contributed by atoms with Gasteiger partial charge in [0.25, 0.3) is 0 Å². The average Bonchev–Trinajstić information content (AvgIpc) is 2.75. The Balaban J connectivity index is 2.58. The molecule has 2 aromatic rings. The third kappa shape index (κ3) is 2.51. The zero-order valence-electron chi connectivity index (χ0n) is 8.96. The summed E-state index contributed by atoms with van der Waals surface area (Å²) in [5.41, 5.74) is 4.21. The first-order valence-corrected chi connectivity index (χ1v) is 5.75. The van der Waals surface area contributed by atoms with Crippen molar-refractivity contribution in [1.29, 1.82) is 0 Å². The summed E-state index contributed by atoms with van der Waals surface area (Å²) in [6.07, 6.45) is -3.15. The fourth-order valence-corrected chi connectivity index (χ4v) is 2.29. The Kier molecular flexibility index (Phi) is 3.36. The molecule has 96 valence electrons. The summed E-state index contributed by atoms with van der Waals surface area (Å²) in [7, 11) is 0. The maximum absolute atomic E-state index is 13.1. The molecule has 0 aliphatic rings. The van der Waals surface area contributed by atoms with Crippen LogP contribution in [0.15, 0.2) is 24.4 Å². The van der Waals surface area contributed by atoms with E-state index in [1.165, 1.54) is 6.20 Å². The highest BCUT2D eigenvalue weighted by atomic mass is 32.1. The van der Waals surface area contributed by atoms with Crippen LogP contribution in [0.4, 0.5) is 17.6 Å². The van der Waals surface area contributed by atoms with E-state index in [2.05, 4.69) is 4.98 Å². The lowest BCUT2D eigenvalue weighted by atomic mass is 10.1. The molecule has 0 fully saturated rings. The Morgan fingerprint density at radius 1 is 1.28 bits per heavy atom. The first-order chi connectivity index (χ1) is 8.41. The number of nitrogens with two attached hydrogens (primary N) is 1. The monoisotopic (exact) mass is 276 g/mol. The standard InChI is InChI=1S/C11H8F4N2S/c12-6-1-2-9(11(13,14)15)8(3-6)10-17-5-7(4-16)18-10/h1-3,5H,4,16H2. The van der Waals surface area contributed by atoms with Crippen LogP contribution in [0.2, 0.25) is 0 Å². The Morgan fingerprint density at radius 3 is 2.56 bits per heavy atom. The second kappa shape index (κ2) is 4.66. The van der Waals surface area contributed by atoms with Gasteiger partial charge in [0.1, 0.15) is 10.8 Å². The first-order valence-electron chi connectivity index (χ1n) is 4.93. The number of nitrogens with zero attached hydrogens (tertiary/aromatic N) is 1. The number of benzene rings is 1. The molecule has 0 radical (unpaired) electrons. The number of alkyl halides is 3. The van der Waals surface area contributed by atoms with E-state index in [1.807, 2.05) is 0 Å². The van der Waals surface area contributed by atoms with E-state index < -0.39 is 17.6 Å². The summed E-state index contributed by atoms with van der Waals surface area (Å²) in [5.74, 6) is -0.734. The summed E-state index contributed by atoms with van der Waals surface area (Å²) in [5, 5.41) is 0.113. The molecule has 2 rings (SSSR count). The lowest BCUT2D eigenvalue weighted by molar-refractivity contribution is -0.137. The molecule has 0 saturated heterocycles. The van der Waals surface area contributed by atoms with Crippen molar-refractivity contribution in [3.63, 3.8) is 0 Å². The molecule has 2 N–H and O–H groups in total. The smallest absolute Gasteiger partial charge is 0.326 e. The maximum Gasteiger partial charge on any atom is 0.417 e. The van der Waals surface area contributed by atoms with Gasteiger partial charge < -0.3 is 5.73 Å². The van der Waals surface area contributed by atoms with Crippen molar-refractivity contribution < 1.29 is 17.6 Å². The SMILES string of the molecule is NCc1cnc(-c2cc(F)ccc2C(F)(F)F)s1. The molecule has 1 heterocycles. The highest BCUT2D eigenvalue weighted by Crippen LogP contribution is 2.38. The topological polar surface area (TPSA) is 38.9 Å². The molecule has 1 aromatic carbocycles. The summed E-state index contributed by atoms with van der Waals surface area (Å²) in [6.45, 7) is 0.189. The van der Waals surface area contributed by atoms with Crippen LogP contribution in [0.25, 0.3) is 10.6 Å². The van der Waals surface area contributed by atoms with E-state index in [0.717, 1.165) is 23.5 Å². The zero-order chi connectivity index (χ0) is 13.3. The largest absolute Gasteiger partial charge is 0.417 e. The molecular weight excluding hydrogens is 268 g/mol. The fraction of sp³-hybridized carbons (Fsp3) is 0.182. The van der Waals surface area contributed by atoms with Gasteiger partial charge >= 0.3 is 6.18 Å². The minimum atomic E-state index is -4.54. The van der Waals surface area contributed by atoms with Gasteiger partial charge in [0, 0.05) is 23.2 Å². The van der Waals surface area contributed by atoms with Crippen LogP contribution in [-0.2, 0) is 12.7 Å². The summed E-state index contributed by atoms with van der Waals surface area (Å²) in [6, 6.07) is 2.33. The van der Waals surface area contributed by atoms with E-state index >= 15 is 0 Å². The molecule has 7 heteroatoms. The molecule has 0 saturated carbocycles. The van der Waals surface area contributed by atoms with Crippen molar-refractivity contribution in [1.82, 2.24) is 4.98 Å². The van der Waals surface area contributed by atoms with Crippen molar-refractivity contribution in [3.8, 4) is 10.6 Å². The van der Waals surface area contributed by atoms with Crippen molar-refractivity contribution >= 4 is 11.3 Å². The third-order valence-electron chi connectivity index (χ3n) is 2.27. The number of rotatable bonds is 2. The van der Waals surface area contributed by atoms with Crippen LogP contribution < -0.4 is 5.73 Å². The number of hydrogen-bond acceptors (Lipinski definition) is 3. The number of halogens is 4. The molecule has 0 spiro atoms. The molecule has 0 atom stereocenters. The molecule has 0 unspecified atom stereocenters. The quantitative estimate of drug-likeness (QED) is 0.853. The van der Waals surface area contributed by atoms with Crippen LogP contribution in [0.3, 0.4) is 0 Å². The predicted molar refractivity (Wildman–Crippen MR) is 60.4 cm³/mol.